The van der Waals surface area contributed by atoms with E-state index in [1.165, 1.54) is 0 Å². The van der Waals surface area contributed by atoms with E-state index in [0.29, 0.717) is 39.1 Å². The average Bonchev–Trinajstić information content (AvgIpc) is 2.53. The number of amides is 2. The van der Waals surface area contributed by atoms with Crippen molar-refractivity contribution >= 4 is 11.8 Å². The molecule has 2 aliphatic rings. The molecule has 0 aliphatic carbocycles. The first-order chi connectivity index (χ1) is 10.2. The summed E-state index contributed by atoms with van der Waals surface area (Å²) >= 11 is 0. The third-order valence-corrected chi connectivity index (χ3v) is 3.71. The van der Waals surface area contributed by atoms with Gasteiger partial charge in [0, 0.05) is 19.5 Å². The summed E-state index contributed by atoms with van der Waals surface area (Å²) in [6.45, 7) is 1.98. The molecule has 1 unspecified atom stereocenters. The van der Waals surface area contributed by atoms with Crippen molar-refractivity contribution in [2.75, 3.05) is 19.8 Å². The van der Waals surface area contributed by atoms with Crippen LogP contribution in [-0.4, -0.2) is 31.6 Å². The van der Waals surface area contributed by atoms with Crippen LogP contribution < -0.4 is 20.1 Å². The summed E-state index contributed by atoms with van der Waals surface area (Å²) in [7, 11) is 0. The normalized spacial score (nSPS) is 20.6. The highest BCUT2D eigenvalue weighted by Gasteiger charge is 2.24. The summed E-state index contributed by atoms with van der Waals surface area (Å²) in [5.74, 6) is 1.32. The maximum atomic E-state index is 12.0. The van der Waals surface area contributed by atoms with Gasteiger partial charge in [-0.15, -0.1) is 0 Å². The van der Waals surface area contributed by atoms with Crippen molar-refractivity contribution < 1.29 is 19.1 Å². The molecule has 2 heterocycles. The lowest BCUT2D eigenvalue weighted by Gasteiger charge is -2.22. The Labute approximate surface area is 122 Å². The maximum Gasteiger partial charge on any atom is 0.225 e. The Bertz CT molecular complexity index is 549. The van der Waals surface area contributed by atoms with Crippen LogP contribution in [0.15, 0.2) is 18.2 Å². The van der Waals surface area contributed by atoms with E-state index in [0.717, 1.165) is 17.1 Å². The van der Waals surface area contributed by atoms with Gasteiger partial charge in [-0.05, 0) is 24.1 Å². The molecule has 1 fully saturated rings. The van der Waals surface area contributed by atoms with Gasteiger partial charge in [0.25, 0.3) is 0 Å². The zero-order chi connectivity index (χ0) is 14.7. The highest BCUT2D eigenvalue weighted by atomic mass is 16.6. The van der Waals surface area contributed by atoms with Crippen LogP contribution in [0.25, 0.3) is 0 Å². The molecule has 0 radical (unpaired) electrons. The second kappa shape index (κ2) is 6.03. The number of ether oxygens (including phenoxy) is 2. The number of carbonyl (C=O) groups excluding carboxylic acids is 2. The van der Waals surface area contributed by atoms with Gasteiger partial charge in [-0.25, -0.2) is 0 Å². The highest BCUT2D eigenvalue weighted by Crippen LogP contribution is 2.30. The number of hydrogen-bond acceptors (Lipinski definition) is 4. The molecule has 2 amide bonds. The number of benzene rings is 1. The van der Waals surface area contributed by atoms with Crippen molar-refractivity contribution in [2.45, 2.75) is 19.4 Å². The summed E-state index contributed by atoms with van der Waals surface area (Å²) < 4.78 is 11.0. The second-order valence-electron chi connectivity index (χ2n) is 5.24. The fourth-order valence-corrected chi connectivity index (χ4v) is 2.49. The minimum Gasteiger partial charge on any atom is -0.486 e. The van der Waals surface area contributed by atoms with Crippen LogP contribution in [-0.2, 0) is 16.1 Å². The molecule has 0 saturated carbocycles. The third-order valence-electron chi connectivity index (χ3n) is 3.71. The monoisotopic (exact) mass is 290 g/mol. The fraction of sp³-hybridized carbons (Fsp3) is 0.467. The lowest BCUT2D eigenvalue weighted by molar-refractivity contribution is -0.129. The van der Waals surface area contributed by atoms with E-state index < -0.39 is 0 Å². The third kappa shape index (κ3) is 3.26. The van der Waals surface area contributed by atoms with Crippen LogP contribution >= 0.6 is 0 Å². The van der Waals surface area contributed by atoms with Crippen LogP contribution in [0.5, 0.6) is 11.5 Å². The predicted octanol–water partition coefficient (Wildman–Crippen LogP) is 0.600. The lowest BCUT2D eigenvalue weighted by atomic mass is 9.98. The molecule has 2 aliphatic heterocycles. The van der Waals surface area contributed by atoms with E-state index in [9.17, 15) is 9.59 Å². The molecule has 21 heavy (non-hydrogen) atoms. The van der Waals surface area contributed by atoms with Gasteiger partial charge in [-0.3, -0.25) is 9.59 Å². The minimum atomic E-state index is -0.139. The van der Waals surface area contributed by atoms with Gasteiger partial charge in [0.15, 0.2) is 11.5 Å². The van der Waals surface area contributed by atoms with Crippen molar-refractivity contribution in [1.82, 2.24) is 10.6 Å². The number of nitrogens with one attached hydrogen (secondary N) is 2. The van der Waals surface area contributed by atoms with Gasteiger partial charge in [-0.2, -0.15) is 0 Å². The molecule has 3 rings (SSSR count). The Morgan fingerprint density at radius 3 is 2.86 bits per heavy atom. The lowest BCUT2D eigenvalue weighted by Crippen LogP contribution is -2.42. The first-order valence-corrected chi connectivity index (χ1v) is 7.15. The molecule has 2 N–H and O–H groups in total. The minimum absolute atomic E-state index is 0.0193. The zero-order valence-electron chi connectivity index (χ0n) is 11.7. The number of fused-ring (bicyclic) bond motifs is 1. The summed E-state index contributed by atoms with van der Waals surface area (Å²) in [6, 6.07) is 5.66. The zero-order valence-corrected chi connectivity index (χ0v) is 11.7. The maximum absolute atomic E-state index is 12.0. The molecule has 6 nitrogen and oxygen atoms in total. The van der Waals surface area contributed by atoms with E-state index in [2.05, 4.69) is 10.6 Å². The van der Waals surface area contributed by atoms with Gasteiger partial charge in [0.05, 0.1) is 5.92 Å². The topological polar surface area (TPSA) is 76.7 Å². The van der Waals surface area contributed by atoms with Crippen LogP contribution in [0.3, 0.4) is 0 Å². The van der Waals surface area contributed by atoms with Crippen molar-refractivity contribution in [3.05, 3.63) is 23.8 Å². The molecule has 1 atom stereocenters. The molecule has 1 aromatic carbocycles. The van der Waals surface area contributed by atoms with Crippen LogP contribution in [0, 0.1) is 5.92 Å². The van der Waals surface area contributed by atoms with Crippen LogP contribution in [0.2, 0.25) is 0 Å². The molecule has 112 valence electrons. The standard InChI is InChI=1S/C15H18N2O4/c18-14-4-2-11(9-16-14)15(19)17-8-10-1-3-12-13(7-10)21-6-5-20-12/h1,3,7,11H,2,4-6,8-9H2,(H,16,18)(H,17,19). The molecular formula is C15H18N2O4. The van der Waals surface area contributed by atoms with Crippen LogP contribution in [0.1, 0.15) is 18.4 Å². The SMILES string of the molecule is O=C1CCC(C(=O)NCc2ccc3c(c2)OCCO3)CN1. The number of hydrogen-bond donors (Lipinski definition) is 2. The van der Waals surface area contributed by atoms with Gasteiger partial charge >= 0.3 is 0 Å². The summed E-state index contributed by atoms with van der Waals surface area (Å²) in [5, 5.41) is 5.62. The molecule has 6 heteroatoms. The van der Waals surface area contributed by atoms with Crippen molar-refractivity contribution in [1.29, 1.82) is 0 Å². The first kappa shape index (κ1) is 13.7. The van der Waals surface area contributed by atoms with Crippen molar-refractivity contribution in [3.63, 3.8) is 0 Å². The average molecular weight is 290 g/mol. The number of carbonyl (C=O) groups is 2. The quantitative estimate of drug-likeness (QED) is 0.854. The first-order valence-electron chi connectivity index (χ1n) is 7.15. The number of piperidine rings is 1. The van der Waals surface area contributed by atoms with E-state index in [4.69, 9.17) is 9.47 Å². The Morgan fingerprint density at radius 1 is 1.29 bits per heavy atom. The molecule has 1 aromatic rings. The van der Waals surface area contributed by atoms with Gasteiger partial charge in [-0.1, -0.05) is 6.07 Å². The van der Waals surface area contributed by atoms with E-state index in [1.807, 2.05) is 18.2 Å². The number of rotatable bonds is 3. The molecule has 0 bridgehead atoms. The fourth-order valence-electron chi connectivity index (χ4n) is 2.49. The van der Waals surface area contributed by atoms with Gasteiger partial charge in [0.1, 0.15) is 13.2 Å². The van der Waals surface area contributed by atoms with Crippen LogP contribution in [0.4, 0.5) is 0 Å². The summed E-state index contributed by atoms with van der Waals surface area (Å²) in [5.41, 5.74) is 0.965. The van der Waals surface area contributed by atoms with Gasteiger partial charge < -0.3 is 20.1 Å². The summed E-state index contributed by atoms with van der Waals surface area (Å²) in [4.78, 5) is 23.1. The Balaban J connectivity index is 1.55. The predicted molar refractivity (Wildman–Crippen MR) is 75.0 cm³/mol. The Morgan fingerprint density at radius 2 is 2.10 bits per heavy atom. The second-order valence-corrected chi connectivity index (χ2v) is 5.24. The summed E-state index contributed by atoms with van der Waals surface area (Å²) in [6.07, 6.45) is 1.03. The highest BCUT2D eigenvalue weighted by molar-refractivity contribution is 5.83. The molecular weight excluding hydrogens is 272 g/mol. The smallest absolute Gasteiger partial charge is 0.225 e. The molecule has 1 saturated heterocycles. The molecule has 0 spiro atoms. The largest absolute Gasteiger partial charge is 0.486 e. The Hall–Kier alpha value is -2.24. The van der Waals surface area contributed by atoms with E-state index in [-0.39, 0.29) is 17.7 Å². The van der Waals surface area contributed by atoms with Gasteiger partial charge in [0.2, 0.25) is 11.8 Å². The van der Waals surface area contributed by atoms with Crippen molar-refractivity contribution in [2.24, 2.45) is 5.92 Å². The molecule has 0 aromatic heterocycles. The van der Waals surface area contributed by atoms with E-state index >= 15 is 0 Å². The Kier molecular flexibility index (Phi) is 3.94. The van der Waals surface area contributed by atoms with Crippen molar-refractivity contribution in [3.8, 4) is 11.5 Å². The van der Waals surface area contributed by atoms with E-state index in [1.54, 1.807) is 0 Å².